The van der Waals surface area contributed by atoms with Gasteiger partial charge in [-0.2, -0.15) is 0 Å². The molecule has 1 aliphatic carbocycles. The van der Waals surface area contributed by atoms with Crippen LogP contribution in [0.5, 0.6) is 0 Å². The first-order valence-corrected chi connectivity index (χ1v) is 6.15. The van der Waals surface area contributed by atoms with Crippen LogP contribution < -0.4 is 5.32 Å². The summed E-state index contributed by atoms with van der Waals surface area (Å²) in [6.07, 6.45) is 3.00. The van der Waals surface area contributed by atoms with E-state index >= 15 is 0 Å². The maximum atomic E-state index is 11.6. The molecule has 0 radical (unpaired) electrons. The summed E-state index contributed by atoms with van der Waals surface area (Å²) < 4.78 is 0. The molecular formula is C10H15N3OS. The lowest BCUT2D eigenvalue weighted by molar-refractivity contribution is -0.117. The highest BCUT2D eigenvalue weighted by Gasteiger charge is 2.39. The number of hydrogen-bond acceptors (Lipinski definition) is 4. The number of anilines is 1. The van der Waals surface area contributed by atoms with Gasteiger partial charge in [-0.1, -0.05) is 25.2 Å². The summed E-state index contributed by atoms with van der Waals surface area (Å²) in [5.74, 6) is 0.832. The van der Waals surface area contributed by atoms with E-state index in [2.05, 4.69) is 29.4 Å². The summed E-state index contributed by atoms with van der Waals surface area (Å²) >= 11 is 1.48. The van der Waals surface area contributed by atoms with Crippen LogP contribution in [0, 0.1) is 11.8 Å². The number of carbonyl (C=O) groups excluding carboxylic acids is 1. The molecular weight excluding hydrogens is 210 g/mol. The lowest BCUT2D eigenvalue weighted by Crippen LogP contribution is -2.14. The lowest BCUT2D eigenvalue weighted by atomic mass is 10.3. The minimum absolute atomic E-state index is 0.0988. The van der Waals surface area contributed by atoms with Crippen LogP contribution in [0.3, 0.4) is 0 Å². The van der Waals surface area contributed by atoms with Crippen LogP contribution in [0.15, 0.2) is 0 Å². The molecule has 0 aliphatic heterocycles. The lowest BCUT2D eigenvalue weighted by Gasteiger charge is -1.97. The first-order valence-electron chi connectivity index (χ1n) is 5.34. The summed E-state index contributed by atoms with van der Waals surface area (Å²) in [6.45, 7) is 4.19. The Morgan fingerprint density at radius 1 is 1.60 bits per heavy atom. The van der Waals surface area contributed by atoms with Crippen molar-refractivity contribution < 1.29 is 4.79 Å². The monoisotopic (exact) mass is 225 g/mol. The number of nitrogens with one attached hydrogen (secondary N) is 1. The zero-order chi connectivity index (χ0) is 10.8. The van der Waals surface area contributed by atoms with Crippen LogP contribution >= 0.6 is 11.3 Å². The Labute approximate surface area is 93.1 Å². The van der Waals surface area contributed by atoms with E-state index in [1.807, 2.05) is 0 Å². The molecule has 2 unspecified atom stereocenters. The number of aromatic nitrogens is 2. The zero-order valence-electron chi connectivity index (χ0n) is 8.99. The molecule has 1 aromatic heterocycles. The molecule has 1 fully saturated rings. The van der Waals surface area contributed by atoms with Gasteiger partial charge in [0, 0.05) is 12.3 Å². The molecule has 82 valence electrons. The number of aryl methyl sites for hydroxylation is 1. The van der Waals surface area contributed by atoms with Crippen molar-refractivity contribution in [3.63, 3.8) is 0 Å². The fraction of sp³-hybridized carbons (Fsp3) is 0.700. The van der Waals surface area contributed by atoms with E-state index in [0.29, 0.717) is 11.0 Å². The molecule has 15 heavy (non-hydrogen) atoms. The van der Waals surface area contributed by atoms with Crippen molar-refractivity contribution in [3.05, 3.63) is 5.01 Å². The van der Waals surface area contributed by atoms with Crippen molar-refractivity contribution in [2.24, 2.45) is 11.8 Å². The predicted molar refractivity (Wildman–Crippen MR) is 59.8 cm³/mol. The summed E-state index contributed by atoms with van der Waals surface area (Å²) in [6, 6.07) is 0. The van der Waals surface area contributed by atoms with Crippen molar-refractivity contribution in [1.82, 2.24) is 10.2 Å². The number of amides is 1. The van der Waals surface area contributed by atoms with Crippen LogP contribution in [-0.2, 0) is 11.2 Å². The van der Waals surface area contributed by atoms with Gasteiger partial charge in [0.25, 0.3) is 0 Å². The molecule has 2 atom stereocenters. The first-order chi connectivity index (χ1) is 7.20. The van der Waals surface area contributed by atoms with E-state index in [1.54, 1.807) is 0 Å². The molecule has 0 aromatic carbocycles. The van der Waals surface area contributed by atoms with Crippen LogP contribution in [0.25, 0.3) is 0 Å². The van der Waals surface area contributed by atoms with Crippen molar-refractivity contribution >= 4 is 22.4 Å². The highest BCUT2D eigenvalue weighted by molar-refractivity contribution is 7.15. The van der Waals surface area contributed by atoms with Gasteiger partial charge in [-0.3, -0.25) is 4.79 Å². The largest absolute Gasteiger partial charge is 0.300 e. The van der Waals surface area contributed by atoms with Crippen LogP contribution in [-0.4, -0.2) is 16.1 Å². The number of hydrogen-bond donors (Lipinski definition) is 1. The molecule has 1 N–H and O–H groups in total. The molecule has 1 saturated carbocycles. The minimum Gasteiger partial charge on any atom is -0.300 e. The van der Waals surface area contributed by atoms with E-state index in [9.17, 15) is 4.79 Å². The fourth-order valence-electron chi connectivity index (χ4n) is 1.50. The molecule has 1 aliphatic rings. The topological polar surface area (TPSA) is 54.9 Å². The molecule has 0 bridgehead atoms. The summed E-state index contributed by atoms with van der Waals surface area (Å²) in [7, 11) is 0. The summed E-state index contributed by atoms with van der Waals surface area (Å²) in [5, 5.41) is 12.4. The second-order valence-corrected chi connectivity index (χ2v) is 5.12. The molecule has 0 spiro atoms. The third kappa shape index (κ3) is 2.53. The molecule has 1 heterocycles. The normalized spacial score (nSPS) is 23.9. The number of nitrogens with zero attached hydrogens (tertiary/aromatic N) is 2. The highest BCUT2D eigenvalue weighted by Crippen LogP contribution is 2.38. The van der Waals surface area contributed by atoms with Crippen LogP contribution in [0.4, 0.5) is 5.13 Å². The van der Waals surface area contributed by atoms with E-state index in [1.165, 1.54) is 11.3 Å². The fourth-order valence-corrected chi connectivity index (χ4v) is 2.35. The molecule has 4 nitrogen and oxygen atoms in total. The van der Waals surface area contributed by atoms with Gasteiger partial charge >= 0.3 is 0 Å². The Hall–Kier alpha value is -0.970. The van der Waals surface area contributed by atoms with Crippen LogP contribution in [0.1, 0.15) is 31.7 Å². The second kappa shape index (κ2) is 4.26. The van der Waals surface area contributed by atoms with Gasteiger partial charge in [0.2, 0.25) is 11.0 Å². The average Bonchev–Trinajstić information content (AvgIpc) is 2.76. The van der Waals surface area contributed by atoms with Crippen LogP contribution in [0.2, 0.25) is 0 Å². The van der Waals surface area contributed by atoms with E-state index < -0.39 is 0 Å². The van der Waals surface area contributed by atoms with Gasteiger partial charge in [-0.05, 0) is 18.8 Å². The third-order valence-electron chi connectivity index (χ3n) is 2.61. The summed E-state index contributed by atoms with van der Waals surface area (Å²) in [4.78, 5) is 11.6. The standard InChI is InChI=1S/C10H15N3OS/c1-3-4-8-12-13-10(15-8)11-9(14)7-5-6(7)2/h6-7H,3-5H2,1-2H3,(H,11,13,14). The Morgan fingerprint density at radius 3 is 2.93 bits per heavy atom. The van der Waals surface area contributed by atoms with Gasteiger partial charge in [0.1, 0.15) is 5.01 Å². The number of rotatable bonds is 4. The Kier molecular flexibility index (Phi) is 3.00. The summed E-state index contributed by atoms with van der Waals surface area (Å²) in [5.41, 5.74) is 0. The van der Waals surface area contributed by atoms with Crippen molar-refractivity contribution in [3.8, 4) is 0 Å². The highest BCUT2D eigenvalue weighted by atomic mass is 32.1. The molecule has 1 aromatic rings. The van der Waals surface area contributed by atoms with Gasteiger partial charge in [0.05, 0.1) is 0 Å². The molecule has 1 amide bonds. The van der Waals surface area contributed by atoms with Gasteiger partial charge in [-0.15, -0.1) is 10.2 Å². The Balaban J connectivity index is 1.90. The molecule has 0 saturated heterocycles. The van der Waals surface area contributed by atoms with E-state index in [-0.39, 0.29) is 11.8 Å². The first kappa shape index (κ1) is 10.5. The predicted octanol–water partition coefficient (Wildman–Crippen LogP) is 2.09. The average molecular weight is 225 g/mol. The van der Waals surface area contributed by atoms with Crippen molar-refractivity contribution in [2.75, 3.05) is 5.32 Å². The van der Waals surface area contributed by atoms with E-state index in [0.717, 1.165) is 24.3 Å². The van der Waals surface area contributed by atoms with Gasteiger partial charge in [-0.25, -0.2) is 0 Å². The second-order valence-electron chi connectivity index (χ2n) is 4.06. The Morgan fingerprint density at radius 2 is 2.33 bits per heavy atom. The Bertz CT molecular complexity index is 363. The smallest absolute Gasteiger partial charge is 0.229 e. The zero-order valence-corrected chi connectivity index (χ0v) is 9.80. The molecule has 5 heteroatoms. The molecule has 2 rings (SSSR count). The SMILES string of the molecule is CCCc1nnc(NC(=O)C2CC2C)s1. The maximum absolute atomic E-state index is 11.6. The van der Waals surface area contributed by atoms with Crippen molar-refractivity contribution in [2.45, 2.75) is 33.1 Å². The maximum Gasteiger partial charge on any atom is 0.229 e. The van der Waals surface area contributed by atoms with Crippen molar-refractivity contribution in [1.29, 1.82) is 0 Å². The quantitative estimate of drug-likeness (QED) is 0.853. The number of carbonyl (C=O) groups is 1. The van der Waals surface area contributed by atoms with E-state index in [4.69, 9.17) is 0 Å². The van der Waals surface area contributed by atoms with Gasteiger partial charge in [0.15, 0.2) is 0 Å². The minimum atomic E-state index is 0.0988. The third-order valence-corrected chi connectivity index (χ3v) is 3.51. The van der Waals surface area contributed by atoms with Gasteiger partial charge < -0.3 is 5.32 Å².